The van der Waals surface area contributed by atoms with Crippen LogP contribution in [0, 0.1) is 0 Å². The number of amides is 1. The lowest BCUT2D eigenvalue weighted by molar-refractivity contribution is 0.208. The van der Waals surface area contributed by atoms with Crippen molar-refractivity contribution in [3.8, 4) is 5.75 Å². The number of nitrogens with zero attached hydrogens (tertiary/aromatic N) is 2. The highest BCUT2D eigenvalue weighted by molar-refractivity contribution is 8.17. The molecule has 1 amide bonds. The van der Waals surface area contributed by atoms with Crippen LogP contribution in [0.15, 0.2) is 30.3 Å². The molecule has 1 fully saturated rings. The molecule has 4 nitrogen and oxygen atoms in total. The van der Waals surface area contributed by atoms with E-state index < -0.39 is 12.6 Å². The minimum absolute atomic E-state index is 0.208. The third-order valence-electron chi connectivity index (χ3n) is 4.03. The summed E-state index contributed by atoms with van der Waals surface area (Å²) in [5.74, 6) is 0.721. The molecule has 8 heteroatoms. The van der Waals surface area contributed by atoms with Crippen molar-refractivity contribution >= 4 is 36.5 Å². The first kappa shape index (κ1) is 19.7. The summed E-state index contributed by atoms with van der Waals surface area (Å²) < 4.78 is 22.3. The van der Waals surface area contributed by atoms with Crippen molar-refractivity contribution in [1.29, 1.82) is 0 Å². The van der Waals surface area contributed by atoms with Crippen LogP contribution in [0.2, 0.25) is 0 Å². The summed E-state index contributed by atoms with van der Waals surface area (Å²) >= 11 is 7.00. The molecule has 0 spiro atoms. The second-order valence-electron chi connectivity index (χ2n) is 5.78. The van der Waals surface area contributed by atoms with Crippen LogP contribution in [0.5, 0.6) is 5.75 Å². The molecule has 1 aliphatic rings. The van der Waals surface area contributed by atoms with Crippen molar-refractivity contribution in [3.05, 3.63) is 30.3 Å². The second-order valence-corrected chi connectivity index (χ2v) is 11.4. The number of para-hydroxylation sites is 1. The Morgan fingerprint density at radius 2 is 1.96 bits per heavy atom. The zero-order valence-electron chi connectivity index (χ0n) is 14.1. The molecule has 0 saturated heterocycles. The first-order valence-electron chi connectivity index (χ1n) is 8.21. The molecule has 24 heavy (non-hydrogen) atoms. The maximum absolute atomic E-state index is 13.1. The topological polar surface area (TPSA) is 32.8 Å². The maximum Gasteiger partial charge on any atom is 0.410 e. The van der Waals surface area contributed by atoms with Crippen molar-refractivity contribution in [2.45, 2.75) is 45.1 Å². The van der Waals surface area contributed by atoms with Gasteiger partial charge in [-0.05, 0) is 36.8 Å². The van der Waals surface area contributed by atoms with Gasteiger partial charge in [0, 0.05) is 19.3 Å². The average molecular weight is 390 g/mol. The van der Waals surface area contributed by atoms with Gasteiger partial charge in [0.25, 0.3) is 0 Å². The van der Waals surface area contributed by atoms with Gasteiger partial charge in [-0.15, -0.1) is 4.39 Å². The summed E-state index contributed by atoms with van der Waals surface area (Å²) in [6.45, 7) is 2.00. The molecule has 0 N–H and O–H groups in total. The van der Waals surface area contributed by atoms with Crippen LogP contribution in [0.1, 0.15) is 39.0 Å². The highest BCUT2D eigenvalue weighted by atomic mass is 32.5. The smallest absolute Gasteiger partial charge is 0.410 e. The van der Waals surface area contributed by atoms with Gasteiger partial charge in [-0.1, -0.05) is 44.4 Å². The van der Waals surface area contributed by atoms with E-state index in [9.17, 15) is 9.18 Å². The summed E-state index contributed by atoms with van der Waals surface area (Å²) in [5.41, 5.74) is 0. The Bertz CT molecular complexity index is 585. The zero-order chi connectivity index (χ0) is 17.6. The van der Waals surface area contributed by atoms with Crippen LogP contribution >= 0.6 is 18.5 Å². The Kier molecular flexibility index (Phi) is 7.54. The highest BCUT2D eigenvalue weighted by Gasteiger charge is 2.36. The van der Waals surface area contributed by atoms with E-state index in [-0.39, 0.29) is 6.04 Å². The monoisotopic (exact) mass is 390 g/mol. The molecule has 0 bridgehead atoms. The van der Waals surface area contributed by atoms with Gasteiger partial charge in [-0.3, -0.25) is 0 Å². The zero-order valence-corrected chi connectivity index (χ0v) is 16.6. The minimum Gasteiger partial charge on any atom is -0.452 e. The van der Waals surface area contributed by atoms with E-state index in [0.29, 0.717) is 6.16 Å². The quantitative estimate of drug-likeness (QED) is 0.261. The highest BCUT2D eigenvalue weighted by Crippen LogP contribution is 2.57. The molecule has 0 heterocycles. The van der Waals surface area contributed by atoms with E-state index in [0.717, 1.165) is 47.9 Å². The predicted octanol–water partition coefficient (Wildman–Crippen LogP) is 5.61. The lowest BCUT2D eigenvalue weighted by Crippen LogP contribution is -2.34. The summed E-state index contributed by atoms with van der Waals surface area (Å²) in [7, 11) is 1.43. The van der Waals surface area contributed by atoms with Gasteiger partial charge in [0.15, 0.2) is 6.42 Å². The molecule has 1 atom stereocenters. The fourth-order valence-corrected chi connectivity index (χ4v) is 7.19. The first-order valence-corrected chi connectivity index (χ1v) is 11.8. The molecule has 2 rings (SSSR count). The van der Waals surface area contributed by atoms with Gasteiger partial charge in [0.2, 0.25) is 0 Å². The minimum atomic E-state index is -2.43. The number of halogens is 1. The van der Waals surface area contributed by atoms with Gasteiger partial charge in [-0.25, -0.2) is 9.10 Å². The fourth-order valence-electron chi connectivity index (χ4n) is 2.72. The van der Waals surface area contributed by atoms with Crippen molar-refractivity contribution in [2.75, 3.05) is 13.2 Å². The summed E-state index contributed by atoms with van der Waals surface area (Å²) in [6.07, 6.45) is 2.20. The van der Waals surface area contributed by atoms with Crippen LogP contribution in [0.4, 0.5) is 9.18 Å². The Morgan fingerprint density at radius 3 is 2.50 bits per heavy atom. The molecule has 1 aromatic carbocycles. The molecular weight excluding hydrogens is 366 g/mol. The molecular formula is C16H24FN2O2PS2. The Labute approximate surface area is 153 Å². The third kappa shape index (κ3) is 5.19. The molecule has 1 saturated carbocycles. The number of hydrogen-bond donors (Lipinski definition) is 0. The van der Waals surface area contributed by atoms with E-state index >= 15 is 0 Å². The van der Waals surface area contributed by atoms with Gasteiger partial charge >= 0.3 is 6.16 Å². The molecule has 1 aromatic rings. The van der Waals surface area contributed by atoms with Crippen LogP contribution in [0.25, 0.3) is 0 Å². The van der Waals surface area contributed by atoms with E-state index in [2.05, 4.69) is 0 Å². The number of benzene rings is 1. The lowest BCUT2D eigenvalue weighted by atomic mass is 9.96. The molecule has 0 aliphatic heterocycles. The summed E-state index contributed by atoms with van der Waals surface area (Å²) in [6, 6.07) is 9.69. The van der Waals surface area contributed by atoms with Crippen molar-refractivity contribution < 1.29 is 13.7 Å². The van der Waals surface area contributed by atoms with Crippen molar-refractivity contribution in [2.24, 2.45) is 0 Å². The Hall–Kier alpha value is -0.620. The number of rotatable bonds is 7. The number of hydrogen-bond acceptors (Lipinski definition) is 4. The molecule has 0 radical (unpaired) electrons. The van der Waals surface area contributed by atoms with E-state index in [1.807, 2.05) is 41.3 Å². The van der Waals surface area contributed by atoms with Crippen molar-refractivity contribution in [1.82, 2.24) is 8.38 Å². The van der Waals surface area contributed by atoms with Crippen LogP contribution in [0.3, 0.4) is 0 Å². The normalized spacial score (nSPS) is 18.2. The summed E-state index contributed by atoms with van der Waals surface area (Å²) in [5, 5.41) is 0. The number of carbonyl (C=O) groups excluding carboxylic acids is 1. The average Bonchev–Trinajstić information content (AvgIpc) is 2.60. The summed E-state index contributed by atoms with van der Waals surface area (Å²) in [4.78, 5) is 11.1. The molecule has 1 unspecified atom stereocenters. The van der Waals surface area contributed by atoms with E-state index in [1.165, 1.54) is 13.5 Å². The first-order chi connectivity index (χ1) is 11.5. The Morgan fingerprint density at radius 1 is 1.33 bits per heavy atom. The molecule has 134 valence electrons. The van der Waals surface area contributed by atoms with Crippen LogP contribution in [-0.2, 0) is 11.8 Å². The van der Waals surface area contributed by atoms with Gasteiger partial charge < -0.3 is 4.52 Å². The van der Waals surface area contributed by atoms with E-state index in [4.69, 9.17) is 16.3 Å². The standard InChI is InChI=1S/C16H24FN2O2PS2/c1-3-22(23,21-15-12-8-5-9-13-15)19(24-18(2)16(17)20)14-10-6-4-7-11-14/h5,8-9,12-14H,3-4,6-7,10-11H2,1-2H3. The predicted molar refractivity (Wildman–Crippen MR) is 102 cm³/mol. The van der Waals surface area contributed by atoms with Crippen LogP contribution < -0.4 is 4.52 Å². The van der Waals surface area contributed by atoms with Gasteiger partial charge in [-0.2, -0.15) is 4.08 Å². The molecule has 1 aliphatic carbocycles. The maximum atomic E-state index is 13.1. The SMILES string of the molecule is CCP(=S)(Oc1ccccc1)N(SN(C)C(=O)F)C1CCCCC1. The van der Waals surface area contributed by atoms with E-state index in [1.54, 1.807) is 0 Å². The van der Waals surface area contributed by atoms with Gasteiger partial charge in [0.1, 0.15) is 5.75 Å². The van der Waals surface area contributed by atoms with Crippen molar-refractivity contribution in [3.63, 3.8) is 0 Å². The lowest BCUT2D eigenvalue weighted by Gasteiger charge is -2.40. The fraction of sp³-hybridized carbons (Fsp3) is 0.562. The van der Waals surface area contributed by atoms with Crippen LogP contribution in [-0.4, -0.2) is 33.8 Å². The largest absolute Gasteiger partial charge is 0.452 e. The third-order valence-corrected chi connectivity index (χ3v) is 9.96. The second kappa shape index (κ2) is 9.18. The Balaban J connectivity index is 2.26. The molecule has 0 aromatic heterocycles. The number of carbonyl (C=O) groups is 1. The van der Waals surface area contributed by atoms with Gasteiger partial charge in [0.05, 0.1) is 12.1 Å².